The second-order valence-corrected chi connectivity index (χ2v) is 6.34. The molecule has 0 saturated carbocycles. The van der Waals surface area contributed by atoms with Gasteiger partial charge in [0.1, 0.15) is 6.17 Å². The van der Waals surface area contributed by atoms with E-state index in [0.29, 0.717) is 6.54 Å². The Morgan fingerprint density at radius 2 is 2.30 bits per heavy atom. The maximum absolute atomic E-state index is 12.2. The lowest BCUT2D eigenvalue weighted by Gasteiger charge is -2.35. The van der Waals surface area contributed by atoms with Crippen molar-refractivity contribution in [3.05, 3.63) is 22.4 Å². The predicted octanol–water partition coefficient (Wildman–Crippen LogP) is 0.899. The number of nitrogens with one attached hydrogen (secondary N) is 1. The number of hydrogen-bond donors (Lipinski definition) is 1. The fourth-order valence-corrected chi connectivity index (χ4v) is 3.75. The number of thiophene rings is 1. The van der Waals surface area contributed by atoms with Crippen molar-refractivity contribution in [3.63, 3.8) is 0 Å². The van der Waals surface area contributed by atoms with E-state index >= 15 is 0 Å². The van der Waals surface area contributed by atoms with Crippen LogP contribution in [0.25, 0.3) is 0 Å². The van der Waals surface area contributed by atoms with Gasteiger partial charge >= 0.3 is 0 Å². The monoisotopic (exact) mass is 295 g/mol. The van der Waals surface area contributed by atoms with E-state index in [9.17, 15) is 4.79 Å². The number of morpholine rings is 1. The van der Waals surface area contributed by atoms with Gasteiger partial charge in [-0.25, -0.2) is 0 Å². The van der Waals surface area contributed by atoms with Crippen LogP contribution in [0.4, 0.5) is 0 Å². The number of rotatable bonds is 4. The predicted molar refractivity (Wildman–Crippen MR) is 78.6 cm³/mol. The molecule has 2 atom stereocenters. The first-order valence-electron chi connectivity index (χ1n) is 7.14. The molecule has 5 nitrogen and oxygen atoms in total. The molecule has 1 amide bonds. The third-order valence-electron chi connectivity index (χ3n) is 3.93. The molecular weight excluding hydrogens is 274 g/mol. The molecule has 0 spiro atoms. The lowest BCUT2D eigenvalue weighted by atomic mass is 10.2. The molecule has 3 rings (SSSR count). The highest BCUT2D eigenvalue weighted by Crippen LogP contribution is 2.28. The fraction of sp³-hybridized carbons (Fsp3) is 0.643. The minimum absolute atomic E-state index is 0.0403. The van der Waals surface area contributed by atoms with Crippen LogP contribution >= 0.6 is 11.3 Å². The fourth-order valence-electron chi connectivity index (χ4n) is 2.95. The summed E-state index contributed by atoms with van der Waals surface area (Å²) < 4.78 is 5.38. The molecule has 3 heterocycles. The highest BCUT2D eigenvalue weighted by molar-refractivity contribution is 7.10. The summed E-state index contributed by atoms with van der Waals surface area (Å²) in [5.41, 5.74) is 0. The molecule has 2 aliphatic heterocycles. The van der Waals surface area contributed by atoms with E-state index in [2.05, 4.69) is 28.6 Å². The van der Waals surface area contributed by atoms with Crippen molar-refractivity contribution in [1.82, 2.24) is 15.1 Å². The standard InChI is InChI=1S/C14H21N3O2S/c1-11(10-16-4-6-19-7-5-16)17-13(18)9-15-14(17)12-3-2-8-20-12/h2-3,8,11,14-15H,4-7,9-10H2,1H3. The molecule has 1 aromatic heterocycles. The molecule has 20 heavy (non-hydrogen) atoms. The van der Waals surface area contributed by atoms with Gasteiger partial charge in [0.05, 0.1) is 19.8 Å². The van der Waals surface area contributed by atoms with Gasteiger partial charge in [0, 0.05) is 30.6 Å². The third-order valence-corrected chi connectivity index (χ3v) is 4.85. The Balaban J connectivity index is 1.67. The second kappa shape index (κ2) is 6.22. The largest absolute Gasteiger partial charge is 0.379 e. The summed E-state index contributed by atoms with van der Waals surface area (Å²) >= 11 is 1.70. The number of carbonyl (C=O) groups is 1. The number of amides is 1. The van der Waals surface area contributed by atoms with Crippen molar-refractivity contribution in [3.8, 4) is 0 Å². The van der Waals surface area contributed by atoms with Crippen LogP contribution < -0.4 is 5.32 Å². The summed E-state index contributed by atoms with van der Waals surface area (Å²) in [4.78, 5) is 17.8. The van der Waals surface area contributed by atoms with Crippen molar-refractivity contribution in [2.24, 2.45) is 0 Å². The molecule has 0 aliphatic carbocycles. The highest BCUT2D eigenvalue weighted by Gasteiger charge is 2.36. The maximum Gasteiger partial charge on any atom is 0.238 e. The molecule has 2 aliphatic rings. The van der Waals surface area contributed by atoms with Gasteiger partial charge in [-0.1, -0.05) is 6.07 Å². The minimum atomic E-state index is 0.0403. The molecule has 2 saturated heterocycles. The summed E-state index contributed by atoms with van der Waals surface area (Å²) in [6, 6.07) is 4.34. The van der Waals surface area contributed by atoms with Crippen molar-refractivity contribution < 1.29 is 9.53 Å². The molecule has 1 N–H and O–H groups in total. The Morgan fingerprint density at radius 3 is 3.00 bits per heavy atom. The summed E-state index contributed by atoms with van der Waals surface area (Å²) in [6.45, 7) is 7.02. The first-order chi connectivity index (χ1) is 9.75. The van der Waals surface area contributed by atoms with E-state index in [-0.39, 0.29) is 18.1 Å². The minimum Gasteiger partial charge on any atom is -0.379 e. The van der Waals surface area contributed by atoms with E-state index in [4.69, 9.17) is 4.74 Å². The molecule has 0 radical (unpaired) electrons. The van der Waals surface area contributed by atoms with E-state index < -0.39 is 0 Å². The summed E-state index contributed by atoms with van der Waals surface area (Å²) in [7, 11) is 0. The van der Waals surface area contributed by atoms with Gasteiger partial charge in [-0.05, 0) is 18.4 Å². The Kier molecular flexibility index (Phi) is 4.35. The summed E-state index contributed by atoms with van der Waals surface area (Å²) in [5.74, 6) is 0.198. The van der Waals surface area contributed by atoms with Crippen LogP contribution in [-0.2, 0) is 9.53 Å². The number of ether oxygens (including phenoxy) is 1. The van der Waals surface area contributed by atoms with Crippen LogP contribution in [0.3, 0.4) is 0 Å². The number of carbonyl (C=O) groups excluding carboxylic acids is 1. The van der Waals surface area contributed by atoms with Gasteiger partial charge in [0.25, 0.3) is 0 Å². The first kappa shape index (κ1) is 14.0. The van der Waals surface area contributed by atoms with E-state index in [1.54, 1.807) is 11.3 Å². The molecule has 6 heteroatoms. The van der Waals surface area contributed by atoms with Crippen molar-refractivity contribution >= 4 is 17.2 Å². The van der Waals surface area contributed by atoms with Gasteiger partial charge in [0.15, 0.2) is 0 Å². The Bertz CT molecular complexity index is 445. The molecule has 0 aromatic carbocycles. The Morgan fingerprint density at radius 1 is 1.50 bits per heavy atom. The lowest BCUT2D eigenvalue weighted by Crippen LogP contribution is -2.47. The molecule has 110 valence electrons. The third kappa shape index (κ3) is 2.88. The Hall–Kier alpha value is -0.950. The Labute approximate surface area is 123 Å². The molecule has 2 unspecified atom stereocenters. The van der Waals surface area contributed by atoms with E-state index in [0.717, 1.165) is 32.8 Å². The van der Waals surface area contributed by atoms with Crippen LogP contribution in [0.15, 0.2) is 17.5 Å². The molecule has 0 bridgehead atoms. The average Bonchev–Trinajstić information content (AvgIpc) is 3.08. The van der Waals surface area contributed by atoms with Crippen LogP contribution in [0.2, 0.25) is 0 Å². The van der Waals surface area contributed by atoms with Gasteiger partial charge in [-0.2, -0.15) is 0 Å². The SMILES string of the molecule is CC(CN1CCOCC1)N1C(=O)CNC1c1cccs1. The second-order valence-electron chi connectivity index (χ2n) is 5.36. The number of nitrogens with zero attached hydrogens (tertiary/aromatic N) is 2. The normalized spacial score (nSPS) is 26.1. The van der Waals surface area contributed by atoms with Crippen LogP contribution in [0.1, 0.15) is 18.0 Å². The van der Waals surface area contributed by atoms with Gasteiger partial charge in [0.2, 0.25) is 5.91 Å². The van der Waals surface area contributed by atoms with Crippen LogP contribution in [0, 0.1) is 0 Å². The van der Waals surface area contributed by atoms with Gasteiger partial charge in [-0.15, -0.1) is 11.3 Å². The van der Waals surface area contributed by atoms with Crippen molar-refractivity contribution in [2.75, 3.05) is 39.4 Å². The zero-order valence-corrected chi connectivity index (χ0v) is 12.6. The topological polar surface area (TPSA) is 44.8 Å². The number of hydrogen-bond acceptors (Lipinski definition) is 5. The van der Waals surface area contributed by atoms with Crippen LogP contribution in [0.5, 0.6) is 0 Å². The van der Waals surface area contributed by atoms with Gasteiger partial charge in [-0.3, -0.25) is 15.0 Å². The highest BCUT2D eigenvalue weighted by atomic mass is 32.1. The lowest BCUT2D eigenvalue weighted by molar-refractivity contribution is -0.130. The van der Waals surface area contributed by atoms with Crippen LogP contribution in [-0.4, -0.2) is 61.1 Å². The smallest absolute Gasteiger partial charge is 0.238 e. The molecular formula is C14H21N3O2S. The van der Waals surface area contributed by atoms with Gasteiger partial charge < -0.3 is 9.64 Å². The average molecular weight is 295 g/mol. The zero-order valence-electron chi connectivity index (χ0n) is 11.7. The molecule has 2 fully saturated rings. The maximum atomic E-state index is 12.2. The zero-order chi connectivity index (χ0) is 13.9. The first-order valence-corrected chi connectivity index (χ1v) is 8.02. The van der Waals surface area contributed by atoms with Crippen molar-refractivity contribution in [2.45, 2.75) is 19.1 Å². The van der Waals surface area contributed by atoms with Crippen molar-refractivity contribution in [1.29, 1.82) is 0 Å². The summed E-state index contributed by atoms with van der Waals surface area (Å²) in [5, 5.41) is 5.38. The molecule has 1 aromatic rings. The quantitative estimate of drug-likeness (QED) is 0.896. The van der Waals surface area contributed by atoms with E-state index in [1.165, 1.54) is 4.88 Å². The van der Waals surface area contributed by atoms with E-state index in [1.807, 2.05) is 11.0 Å². The summed E-state index contributed by atoms with van der Waals surface area (Å²) in [6.07, 6.45) is 0.0403.